The van der Waals surface area contributed by atoms with Crippen LogP contribution in [0.15, 0.2) is 53.9 Å². The molecule has 0 saturated heterocycles. The van der Waals surface area contributed by atoms with Gasteiger partial charge in [0.25, 0.3) is 0 Å². The van der Waals surface area contributed by atoms with Crippen LogP contribution in [0, 0.1) is 6.92 Å². The van der Waals surface area contributed by atoms with Crippen molar-refractivity contribution in [2.45, 2.75) is 19.8 Å². The zero-order valence-electron chi connectivity index (χ0n) is 14.5. The summed E-state index contributed by atoms with van der Waals surface area (Å²) in [7, 11) is 0. The van der Waals surface area contributed by atoms with Gasteiger partial charge < -0.3 is 10.6 Å². The highest BCUT2D eigenvalue weighted by molar-refractivity contribution is 7.14. The quantitative estimate of drug-likeness (QED) is 0.504. The molecule has 0 unspecified atom stereocenters. The lowest BCUT2D eigenvalue weighted by Gasteiger charge is -2.07. The number of aryl methyl sites for hydroxylation is 1. The number of rotatable bonds is 7. The van der Waals surface area contributed by atoms with Gasteiger partial charge in [0.05, 0.1) is 5.69 Å². The van der Waals surface area contributed by atoms with E-state index >= 15 is 0 Å². The predicted molar refractivity (Wildman–Crippen MR) is 111 cm³/mol. The number of carbonyl (C=O) groups excluding carboxylic acids is 1. The molecule has 0 radical (unpaired) electrons. The Morgan fingerprint density at radius 3 is 2.85 bits per heavy atom. The molecule has 0 atom stereocenters. The van der Waals surface area contributed by atoms with Crippen LogP contribution in [0.3, 0.4) is 0 Å². The summed E-state index contributed by atoms with van der Waals surface area (Å²) >= 11 is 7.19. The summed E-state index contributed by atoms with van der Waals surface area (Å²) < 4.78 is 0. The van der Waals surface area contributed by atoms with E-state index in [1.807, 2.05) is 47.8 Å². The van der Waals surface area contributed by atoms with E-state index in [1.165, 1.54) is 5.56 Å². The van der Waals surface area contributed by atoms with Crippen LogP contribution in [0.4, 0.5) is 16.5 Å². The van der Waals surface area contributed by atoms with E-state index in [-0.39, 0.29) is 5.91 Å². The molecule has 0 bridgehead atoms. The summed E-state index contributed by atoms with van der Waals surface area (Å²) in [5.74, 6) is 0.464. The molecule has 134 valence electrons. The van der Waals surface area contributed by atoms with E-state index in [0.29, 0.717) is 18.7 Å². The van der Waals surface area contributed by atoms with Crippen LogP contribution in [0.5, 0.6) is 0 Å². The molecule has 0 aliphatic heterocycles. The molecule has 3 aromatic rings. The zero-order chi connectivity index (χ0) is 18.4. The molecular weight excluding hydrogens is 366 g/mol. The number of para-hydroxylation sites is 1. The van der Waals surface area contributed by atoms with Crippen molar-refractivity contribution < 1.29 is 4.79 Å². The van der Waals surface area contributed by atoms with Gasteiger partial charge in [-0.1, -0.05) is 30.3 Å². The highest BCUT2D eigenvalue weighted by Crippen LogP contribution is 2.29. The van der Waals surface area contributed by atoms with Gasteiger partial charge in [-0.05, 0) is 37.1 Å². The second-order valence-corrected chi connectivity index (χ2v) is 7.14. The van der Waals surface area contributed by atoms with Gasteiger partial charge in [0, 0.05) is 34.6 Å². The van der Waals surface area contributed by atoms with E-state index in [0.717, 1.165) is 27.8 Å². The molecule has 2 aromatic carbocycles. The van der Waals surface area contributed by atoms with Crippen molar-refractivity contribution in [3.05, 3.63) is 59.5 Å². The highest BCUT2D eigenvalue weighted by Gasteiger charge is 2.08. The van der Waals surface area contributed by atoms with Crippen molar-refractivity contribution >= 4 is 45.4 Å². The smallest absolute Gasteiger partial charge is 0.224 e. The minimum atomic E-state index is -0.0250. The molecule has 26 heavy (non-hydrogen) atoms. The van der Waals surface area contributed by atoms with Gasteiger partial charge in [-0.15, -0.1) is 22.9 Å². The van der Waals surface area contributed by atoms with E-state index in [2.05, 4.69) is 28.6 Å². The Hall–Kier alpha value is -2.37. The van der Waals surface area contributed by atoms with Crippen molar-refractivity contribution in [2.75, 3.05) is 16.5 Å². The average molecular weight is 386 g/mol. The van der Waals surface area contributed by atoms with Crippen molar-refractivity contribution in [1.29, 1.82) is 0 Å². The second-order valence-electron chi connectivity index (χ2n) is 5.90. The maximum atomic E-state index is 11.9. The minimum Gasteiger partial charge on any atom is -0.331 e. The third-order valence-corrected chi connectivity index (χ3v) is 4.90. The normalized spacial score (nSPS) is 10.5. The van der Waals surface area contributed by atoms with Crippen LogP contribution in [0.1, 0.15) is 18.4 Å². The monoisotopic (exact) mass is 385 g/mol. The van der Waals surface area contributed by atoms with Gasteiger partial charge in [0.2, 0.25) is 5.91 Å². The Balaban J connectivity index is 1.72. The standard InChI is InChI=1S/C20H20ClN3OS/c1-14-6-2-3-9-17(14)23-20-24-18(13-26-20)15-7-4-8-16(12-15)22-19(25)10-5-11-21/h2-4,6-9,12-13H,5,10-11H2,1H3,(H,22,25)(H,23,24). The van der Waals surface area contributed by atoms with Gasteiger partial charge in [-0.25, -0.2) is 4.98 Å². The van der Waals surface area contributed by atoms with Gasteiger partial charge in [0.15, 0.2) is 5.13 Å². The maximum Gasteiger partial charge on any atom is 0.224 e. The summed E-state index contributed by atoms with van der Waals surface area (Å²) in [5, 5.41) is 9.11. The number of hydrogen-bond acceptors (Lipinski definition) is 4. The number of benzene rings is 2. The molecule has 2 N–H and O–H groups in total. The Labute approximate surface area is 162 Å². The first-order valence-corrected chi connectivity index (χ1v) is 9.81. The SMILES string of the molecule is Cc1ccccc1Nc1nc(-c2cccc(NC(=O)CCCCl)c2)cs1. The van der Waals surface area contributed by atoms with Crippen molar-refractivity contribution in [1.82, 2.24) is 4.98 Å². The minimum absolute atomic E-state index is 0.0250. The molecule has 0 aliphatic rings. The molecule has 3 rings (SSSR count). The molecule has 0 saturated carbocycles. The molecule has 0 fully saturated rings. The number of amides is 1. The molecule has 4 nitrogen and oxygen atoms in total. The summed E-state index contributed by atoms with van der Waals surface area (Å²) in [6.45, 7) is 2.06. The Morgan fingerprint density at radius 2 is 2.04 bits per heavy atom. The molecule has 1 amide bonds. The summed E-state index contributed by atoms with van der Waals surface area (Å²) in [6.07, 6.45) is 1.10. The topological polar surface area (TPSA) is 54.0 Å². The van der Waals surface area contributed by atoms with Crippen LogP contribution in [0.2, 0.25) is 0 Å². The largest absolute Gasteiger partial charge is 0.331 e. The molecule has 1 heterocycles. The fourth-order valence-corrected chi connectivity index (χ4v) is 3.36. The number of nitrogens with one attached hydrogen (secondary N) is 2. The van der Waals surface area contributed by atoms with Gasteiger partial charge in [-0.3, -0.25) is 4.79 Å². The van der Waals surface area contributed by atoms with Crippen LogP contribution < -0.4 is 10.6 Å². The number of alkyl halides is 1. The van der Waals surface area contributed by atoms with Crippen molar-refractivity contribution in [3.8, 4) is 11.3 Å². The Kier molecular flexibility index (Phi) is 6.26. The lowest BCUT2D eigenvalue weighted by Crippen LogP contribution is -2.11. The molecule has 6 heteroatoms. The second kappa shape index (κ2) is 8.83. The van der Waals surface area contributed by atoms with E-state index in [9.17, 15) is 4.79 Å². The first kappa shape index (κ1) is 18.4. The van der Waals surface area contributed by atoms with E-state index in [4.69, 9.17) is 11.6 Å². The Bertz CT molecular complexity index is 894. The number of carbonyl (C=O) groups is 1. The van der Waals surface area contributed by atoms with Crippen molar-refractivity contribution in [2.24, 2.45) is 0 Å². The molecule has 0 spiro atoms. The van der Waals surface area contributed by atoms with Crippen molar-refractivity contribution in [3.63, 3.8) is 0 Å². The van der Waals surface area contributed by atoms with Crippen LogP contribution in [0.25, 0.3) is 11.3 Å². The third-order valence-electron chi connectivity index (χ3n) is 3.87. The lowest BCUT2D eigenvalue weighted by molar-refractivity contribution is -0.116. The predicted octanol–water partition coefficient (Wildman–Crippen LogP) is 5.82. The first-order chi connectivity index (χ1) is 12.7. The number of halogens is 1. The first-order valence-electron chi connectivity index (χ1n) is 8.40. The molecular formula is C20H20ClN3OS. The van der Waals surface area contributed by atoms with E-state index in [1.54, 1.807) is 11.3 Å². The number of thiazole rings is 1. The summed E-state index contributed by atoms with van der Waals surface area (Å²) in [4.78, 5) is 16.5. The van der Waals surface area contributed by atoms with Crippen LogP contribution in [-0.2, 0) is 4.79 Å². The van der Waals surface area contributed by atoms with Gasteiger partial charge in [0.1, 0.15) is 0 Å². The van der Waals surface area contributed by atoms with Crippen LogP contribution in [-0.4, -0.2) is 16.8 Å². The Morgan fingerprint density at radius 1 is 1.19 bits per heavy atom. The van der Waals surface area contributed by atoms with Gasteiger partial charge in [-0.2, -0.15) is 0 Å². The number of hydrogen-bond donors (Lipinski definition) is 2. The highest BCUT2D eigenvalue weighted by atomic mass is 35.5. The fraction of sp³-hybridized carbons (Fsp3) is 0.200. The third kappa shape index (κ3) is 4.84. The zero-order valence-corrected chi connectivity index (χ0v) is 16.0. The summed E-state index contributed by atoms with van der Waals surface area (Å²) in [5.41, 5.74) is 4.83. The number of anilines is 3. The summed E-state index contributed by atoms with van der Waals surface area (Å²) in [6, 6.07) is 15.8. The molecule has 0 aliphatic carbocycles. The molecule has 1 aromatic heterocycles. The average Bonchev–Trinajstić information content (AvgIpc) is 3.11. The number of aromatic nitrogens is 1. The fourth-order valence-electron chi connectivity index (χ4n) is 2.50. The maximum absolute atomic E-state index is 11.9. The van der Waals surface area contributed by atoms with E-state index < -0.39 is 0 Å². The lowest BCUT2D eigenvalue weighted by atomic mass is 10.1. The van der Waals surface area contributed by atoms with Crippen LogP contribution >= 0.6 is 22.9 Å². The number of nitrogens with zero attached hydrogens (tertiary/aromatic N) is 1. The van der Waals surface area contributed by atoms with Gasteiger partial charge >= 0.3 is 0 Å².